The fraction of sp³-hybridized carbons (Fsp3) is 0.414. The van der Waals surface area contributed by atoms with E-state index in [0.29, 0.717) is 43.2 Å². The van der Waals surface area contributed by atoms with Crippen LogP contribution < -0.4 is 20.3 Å². The number of likely N-dealkylation sites (tertiary alicyclic amines) is 1. The minimum Gasteiger partial charge on any atom is -0.454 e. The summed E-state index contributed by atoms with van der Waals surface area (Å²) in [6, 6.07) is 16.6. The maximum atomic E-state index is 13.2. The van der Waals surface area contributed by atoms with Gasteiger partial charge in [0.05, 0.1) is 24.2 Å². The first-order valence-corrected chi connectivity index (χ1v) is 13.2. The van der Waals surface area contributed by atoms with Gasteiger partial charge in [0.15, 0.2) is 11.5 Å². The van der Waals surface area contributed by atoms with E-state index in [4.69, 9.17) is 9.47 Å². The molecule has 3 heterocycles. The average Bonchev–Trinajstić information content (AvgIpc) is 3.61. The summed E-state index contributed by atoms with van der Waals surface area (Å²) in [5.41, 5.74) is 0.670. The Hall–Kier alpha value is -3.85. The Bertz CT molecular complexity index is 1390. The van der Waals surface area contributed by atoms with E-state index in [1.54, 1.807) is 0 Å². The number of amides is 2. The van der Waals surface area contributed by atoms with Gasteiger partial charge in [0.2, 0.25) is 6.79 Å². The van der Waals surface area contributed by atoms with E-state index in [0.717, 1.165) is 36.8 Å². The molecule has 0 radical (unpaired) electrons. The van der Waals surface area contributed by atoms with Gasteiger partial charge in [-0.1, -0.05) is 49.2 Å². The topological polar surface area (TPSA) is 106 Å². The highest BCUT2D eigenvalue weighted by Gasteiger charge is 2.55. The Kier molecular flexibility index (Phi) is 6.31. The van der Waals surface area contributed by atoms with Crippen LogP contribution in [-0.4, -0.2) is 51.1 Å². The third kappa shape index (κ3) is 4.51. The number of nitrogens with one attached hydrogen (secondary N) is 1. The number of ether oxygens (including phenoxy) is 2. The predicted molar refractivity (Wildman–Crippen MR) is 141 cm³/mol. The number of benzene rings is 2. The molecule has 1 unspecified atom stereocenters. The molecule has 3 aromatic rings. The number of aromatic nitrogens is 2. The van der Waals surface area contributed by atoms with Crippen molar-refractivity contribution in [3.8, 4) is 22.8 Å². The summed E-state index contributed by atoms with van der Waals surface area (Å²) in [5, 5.41) is 15.0. The summed E-state index contributed by atoms with van der Waals surface area (Å²) in [6.07, 6.45) is 5.57. The molecule has 1 aromatic heterocycles. The monoisotopic (exact) mass is 516 g/mol. The number of rotatable bonds is 5. The van der Waals surface area contributed by atoms with Gasteiger partial charge in [0, 0.05) is 36.7 Å². The summed E-state index contributed by atoms with van der Waals surface area (Å²) in [6.45, 7) is 1.62. The molecule has 1 spiro atoms. The standard InChI is InChI=1S/C29H32N4O5/c34-26-15-23(22-6-2-1-3-7-22)31-19-33(26)18-29(36)12-13-32(17-28(29)10-4-5-11-28)27(35)30-16-21-8-9-24-25(14-21)38-20-37-24/h1-3,6-9,14-15,19,36H,4-5,10-13,16-18,20H2,(H,30,35). The number of fused-ring (bicyclic) bond motifs is 1. The molecule has 2 amide bonds. The van der Waals surface area contributed by atoms with Crippen molar-refractivity contribution in [1.29, 1.82) is 0 Å². The van der Waals surface area contributed by atoms with Crippen molar-refractivity contribution in [1.82, 2.24) is 19.8 Å². The molecule has 1 atom stereocenters. The number of piperidine rings is 1. The molecule has 6 rings (SSSR count). The quantitative estimate of drug-likeness (QED) is 0.537. The largest absolute Gasteiger partial charge is 0.454 e. The van der Waals surface area contributed by atoms with Crippen LogP contribution in [-0.2, 0) is 13.1 Å². The van der Waals surface area contributed by atoms with Crippen molar-refractivity contribution in [3.05, 3.63) is 76.8 Å². The maximum absolute atomic E-state index is 13.2. The first kappa shape index (κ1) is 24.5. The van der Waals surface area contributed by atoms with Gasteiger partial charge in [-0.2, -0.15) is 0 Å². The molecule has 198 valence electrons. The second kappa shape index (κ2) is 9.79. The summed E-state index contributed by atoms with van der Waals surface area (Å²) < 4.78 is 12.3. The number of nitrogens with zero attached hydrogens (tertiary/aromatic N) is 3. The zero-order valence-corrected chi connectivity index (χ0v) is 21.3. The highest BCUT2D eigenvalue weighted by atomic mass is 16.7. The van der Waals surface area contributed by atoms with Gasteiger partial charge in [-0.15, -0.1) is 0 Å². The van der Waals surface area contributed by atoms with Crippen molar-refractivity contribution in [2.75, 3.05) is 19.9 Å². The lowest BCUT2D eigenvalue weighted by Gasteiger charge is -2.52. The second-order valence-corrected chi connectivity index (χ2v) is 10.6. The van der Waals surface area contributed by atoms with Crippen molar-refractivity contribution in [2.45, 2.75) is 50.8 Å². The SMILES string of the molecule is O=C(NCc1ccc2c(c1)OCO2)N1CCC(O)(Cn2cnc(-c3ccccc3)cc2=O)C2(CCCC2)C1. The minimum absolute atomic E-state index is 0.151. The van der Waals surface area contributed by atoms with Crippen LogP contribution in [0.1, 0.15) is 37.7 Å². The lowest BCUT2D eigenvalue weighted by Crippen LogP contribution is -2.63. The van der Waals surface area contributed by atoms with Gasteiger partial charge in [0.25, 0.3) is 5.56 Å². The highest BCUT2D eigenvalue weighted by Crippen LogP contribution is 2.51. The molecule has 2 aromatic carbocycles. The van der Waals surface area contributed by atoms with E-state index in [-0.39, 0.29) is 24.9 Å². The van der Waals surface area contributed by atoms with Crippen LogP contribution in [0.3, 0.4) is 0 Å². The van der Waals surface area contributed by atoms with E-state index in [1.807, 2.05) is 53.4 Å². The van der Waals surface area contributed by atoms with Crippen LogP contribution in [0.25, 0.3) is 11.3 Å². The van der Waals surface area contributed by atoms with Crippen molar-refractivity contribution in [3.63, 3.8) is 0 Å². The Labute approximate surface area is 221 Å². The average molecular weight is 517 g/mol. The Morgan fingerprint density at radius 2 is 1.82 bits per heavy atom. The Morgan fingerprint density at radius 3 is 2.61 bits per heavy atom. The summed E-state index contributed by atoms with van der Waals surface area (Å²) in [5.74, 6) is 1.40. The minimum atomic E-state index is -1.10. The molecular weight excluding hydrogens is 484 g/mol. The molecule has 9 heteroatoms. The van der Waals surface area contributed by atoms with Crippen molar-refractivity contribution < 1.29 is 19.4 Å². The van der Waals surface area contributed by atoms with Crippen LogP contribution in [0, 0.1) is 5.41 Å². The highest BCUT2D eigenvalue weighted by molar-refractivity contribution is 5.74. The number of urea groups is 1. The molecule has 2 aliphatic heterocycles. The summed E-state index contributed by atoms with van der Waals surface area (Å²) in [7, 11) is 0. The zero-order chi connectivity index (χ0) is 26.2. The number of hydrogen-bond donors (Lipinski definition) is 2. The van der Waals surface area contributed by atoms with Crippen LogP contribution in [0.5, 0.6) is 11.5 Å². The summed E-state index contributed by atoms with van der Waals surface area (Å²) >= 11 is 0. The fourth-order valence-electron chi connectivity index (χ4n) is 6.21. The van der Waals surface area contributed by atoms with Crippen LogP contribution in [0.4, 0.5) is 4.79 Å². The number of carbonyl (C=O) groups is 1. The van der Waals surface area contributed by atoms with Crippen LogP contribution in [0.2, 0.25) is 0 Å². The first-order valence-electron chi connectivity index (χ1n) is 13.2. The molecule has 3 aliphatic rings. The molecule has 1 saturated carbocycles. The first-order chi connectivity index (χ1) is 18.4. The molecule has 1 aliphatic carbocycles. The summed E-state index contributed by atoms with van der Waals surface area (Å²) in [4.78, 5) is 32.5. The lowest BCUT2D eigenvalue weighted by atomic mass is 9.66. The van der Waals surface area contributed by atoms with Crippen LogP contribution >= 0.6 is 0 Å². The molecule has 2 N–H and O–H groups in total. The van der Waals surface area contributed by atoms with Gasteiger partial charge in [-0.25, -0.2) is 9.78 Å². The number of carbonyl (C=O) groups excluding carboxylic acids is 1. The number of hydrogen-bond acceptors (Lipinski definition) is 6. The number of aliphatic hydroxyl groups is 1. The van der Waals surface area contributed by atoms with Gasteiger partial charge >= 0.3 is 6.03 Å². The Morgan fingerprint density at radius 1 is 1.03 bits per heavy atom. The third-order valence-electron chi connectivity index (χ3n) is 8.39. The van der Waals surface area contributed by atoms with Gasteiger partial charge in [0.1, 0.15) is 0 Å². The molecule has 9 nitrogen and oxygen atoms in total. The van der Waals surface area contributed by atoms with Crippen molar-refractivity contribution >= 4 is 6.03 Å². The van der Waals surface area contributed by atoms with Crippen molar-refractivity contribution in [2.24, 2.45) is 5.41 Å². The molecule has 38 heavy (non-hydrogen) atoms. The predicted octanol–water partition coefficient (Wildman–Crippen LogP) is 3.55. The van der Waals surface area contributed by atoms with E-state index in [1.165, 1.54) is 17.0 Å². The third-order valence-corrected chi connectivity index (χ3v) is 8.39. The zero-order valence-electron chi connectivity index (χ0n) is 21.3. The molecule has 1 saturated heterocycles. The normalized spacial score (nSPS) is 21.6. The smallest absolute Gasteiger partial charge is 0.317 e. The van der Waals surface area contributed by atoms with E-state index in [2.05, 4.69) is 10.3 Å². The maximum Gasteiger partial charge on any atom is 0.317 e. The molecular formula is C29H32N4O5. The van der Waals surface area contributed by atoms with Gasteiger partial charge in [-0.05, 0) is 37.0 Å². The molecule has 0 bridgehead atoms. The van der Waals surface area contributed by atoms with E-state index in [9.17, 15) is 14.7 Å². The van der Waals surface area contributed by atoms with Crippen LogP contribution in [0.15, 0.2) is 65.7 Å². The fourth-order valence-corrected chi connectivity index (χ4v) is 6.21. The van der Waals surface area contributed by atoms with E-state index >= 15 is 0 Å². The lowest BCUT2D eigenvalue weighted by molar-refractivity contribution is -0.135. The van der Waals surface area contributed by atoms with Gasteiger partial charge in [-0.3, -0.25) is 9.36 Å². The van der Waals surface area contributed by atoms with E-state index < -0.39 is 11.0 Å². The molecule has 2 fully saturated rings. The van der Waals surface area contributed by atoms with Gasteiger partial charge < -0.3 is 24.8 Å². The Balaban J connectivity index is 1.15. The second-order valence-electron chi connectivity index (χ2n) is 10.6.